The molecule has 0 unspecified atom stereocenters. The third kappa shape index (κ3) is 29.3. The van der Waals surface area contributed by atoms with Gasteiger partial charge in [-0.15, -0.1) is 31.6 Å². The number of sulfone groups is 1. The van der Waals surface area contributed by atoms with Crippen molar-refractivity contribution in [3.05, 3.63) is 104 Å². The summed E-state index contributed by atoms with van der Waals surface area (Å²) in [5, 5.41) is 21.1. The highest BCUT2D eigenvalue weighted by Crippen LogP contribution is 2.15. The van der Waals surface area contributed by atoms with Gasteiger partial charge in [0, 0.05) is 62.7 Å². The number of pyridine rings is 1. The van der Waals surface area contributed by atoms with Gasteiger partial charge in [0.2, 0.25) is 0 Å². The van der Waals surface area contributed by atoms with Crippen molar-refractivity contribution in [2.75, 3.05) is 55.5 Å². The van der Waals surface area contributed by atoms with Crippen LogP contribution in [0.3, 0.4) is 0 Å². The Morgan fingerprint density at radius 3 is 1.57 bits per heavy atom. The molecule has 0 aliphatic carbocycles. The van der Waals surface area contributed by atoms with Gasteiger partial charge in [0.25, 0.3) is 11.4 Å². The van der Waals surface area contributed by atoms with E-state index in [1.165, 1.54) is 62.4 Å². The van der Waals surface area contributed by atoms with Crippen LogP contribution in [-0.4, -0.2) is 105 Å². The fourth-order valence-corrected chi connectivity index (χ4v) is 6.42. The Labute approximate surface area is 382 Å². The van der Waals surface area contributed by atoms with Gasteiger partial charge in [-0.05, 0) is 78.7 Å². The largest absolute Gasteiger partial charge is 0.474 e. The molecule has 0 bridgehead atoms. The quantitative estimate of drug-likeness (QED) is 0.0585. The number of carbonyl (C=O) groups is 2. The van der Waals surface area contributed by atoms with E-state index in [0.29, 0.717) is 12.1 Å². The van der Waals surface area contributed by atoms with Gasteiger partial charge in [0.05, 0.1) is 20.9 Å². The second-order valence-electron chi connectivity index (χ2n) is 15.1. The number of hydrogen-bond acceptors (Lipinski definition) is 15. The second kappa shape index (κ2) is 29.6. The summed E-state index contributed by atoms with van der Waals surface area (Å²) in [6, 6.07) is 15.3. The first-order chi connectivity index (χ1) is 29.0. The maximum atomic E-state index is 11.9. The zero-order valence-corrected chi connectivity index (χ0v) is 41.0. The molecule has 3 N–H and O–H groups in total. The maximum absolute atomic E-state index is 11.9. The number of nitro benzene ring substituents is 2. The Balaban J connectivity index is 0. The highest BCUT2D eigenvalue weighted by molar-refractivity contribution is 7.92. The molecular weight excluding hydrogens is 906 g/mol. The van der Waals surface area contributed by atoms with Crippen molar-refractivity contribution in [2.24, 2.45) is 5.73 Å². The molecule has 0 radical (unpaired) electrons. The summed E-state index contributed by atoms with van der Waals surface area (Å²) in [5.41, 5.74) is 5.93. The monoisotopic (exact) mass is 968 g/mol. The molecule has 0 saturated heterocycles. The molecular formula is C40H64Cl2N7O12S2+. The topological polar surface area (TPSA) is 256 Å². The van der Waals surface area contributed by atoms with Crippen LogP contribution in [0.2, 0.25) is 0 Å². The molecule has 0 fully saturated rings. The molecule has 2 aromatic carbocycles. The fraction of sp³-hybridized carbons (Fsp3) is 0.525. The van der Waals surface area contributed by atoms with E-state index < -0.39 is 58.9 Å². The van der Waals surface area contributed by atoms with Crippen LogP contribution in [0.1, 0.15) is 73.4 Å². The van der Waals surface area contributed by atoms with Crippen molar-refractivity contribution in [3.8, 4) is 0 Å². The molecule has 19 nitrogen and oxygen atoms in total. The van der Waals surface area contributed by atoms with Crippen molar-refractivity contribution in [3.63, 3.8) is 0 Å². The maximum Gasteiger partial charge on any atom is 0.474 e. The standard InChI is InChI=1S/C14H19NO6S.C12H19N3O4S.C7H8N2O2.C6H15N.CH2Cl2/c1-14(2,3)21-13(16)10-22(19,20)8-7-11-5-4-6-12(9-11)15(17)18;1-12(2,3)19-11(16)13-20(17,18)15-8-6-10(7-9-15)14(4)5;8-5-6-2-1-3-7(4-6)9(10)11;1-4-7(5-2)6-3;2-1-3/h4-6,9H,7-8,10H2,1-3H3;6-9H,1-5H3;1-4H,5,8H2;4-6H2,1-3H3;1H2/p+1. The van der Waals surface area contributed by atoms with E-state index in [1.807, 2.05) is 23.7 Å². The van der Waals surface area contributed by atoms with Crippen LogP contribution in [0.4, 0.5) is 21.9 Å². The molecule has 3 aromatic rings. The van der Waals surface area contributed by atoms with Gasteiger partial charge < -0.3 is 25.0 Å². The van der Waals surface area contributed by atoms with E-state index in [2.05, 4.69) is 25.7 Å². The van der Waals surface area contributed by atoms with E-state index in [4.69, 9.17) is 38.4 Å². The van der Waals surface area contributed by atoms with Gasteiger partial charge >= 0.3 is 22.3 Å². The van der Waals surface area contributed by atoms with Crippen LogP contribution in [-0.2, 0) is 47.3 Å². The lowest BCUT2D eigenvalue weighted by molar-refractivity contribution is -0.512. The SMILES string of the molecule is CC(C)(C)OC(=O)CS(=O)(=O)CCc1cccc([N+](=O)[O-])c1.CCN(CC)CC.CN(C)c1cc[n+](S(=O)(=O)NC(=O)OC(C)(C)C)cc1.ClCCl.NCc1cccc([N+](=O)[O-])c1. The van der Waals surface area contributed by atoms with Crippen molar-refractivity contribution >= 4 is 72.4 Å². The number of halogens is 2. The first-order valence-electron chi connectivity index (χ1n) is 19.4. The van der Waals surface area contributed by atoms with Crippen LogP contribution in [0, 0.1) is 20.2 Å². The predicted molar refractivity (Wildman–Crippen MR) is 247 cm³/mol. The lowest BCUT2D eigenvalue weighted by atomic mass is 10.1. The number of hydrogen-bond donors (Lipinski definition) is 2. The normalized spacial score (nSPS) is 11.0. The van der Waals surface area contributed by atoms with Crippen LogP contribution in [0.25, 0.3) is 0 Å². The molecule has 0 saturated carbocycles. The lowest BCUT2D eigenvalue weighted by Gasteiger charge is -2.19. The molecule has 0 atom stereocenters. The zero-order chi connectivity index (χ0) is 49.2. The zero-order valence-electron chi connectivity index (χ0n) is 37.9. The molecule has 0 aliphatic heterocycles. The number of amides is 1. The van der Waals surface area contributed by atoms with Crippen LogP contribution in [0.15, 0.2) is 73.1 Å². The number of alkyl halides is 2. The number of rotatable bonds is 14. The van der Waals surface area contributed by atoms with E-state index in [1.54, 1.807) is 71.9 Å². The minimum atomic E-state index is -4.00. The summed E-state index contributed by atoms with van der Waals surface area (Å²) < 4.78 is 60.3. The van der Waals surface area contributed by atoms with Crippen molar-refractivity contribution < 1.29 is 49.7 Å². The first-order valence-corrected chi connectivity index (χ1v) is 23.7. The average Bonchev–Trinajstić information content (AvgIpc) is 3.17. The van der Waals surface area contributed by atoms with Gasteiger partial charge in [0.15, 0.2) is 22.2 Å². The van der Waals surface area contributed by atoms with Gasteiger partial charge in [-0.3, -0.25) is 25.0 Å². The Morgan fingerprint density at radius 2 is 1.21 bits per heavy atom. The third-order valence-electron chi connectivity index (χ3n) is 7.47. The van der Waals surface area contributed by atoms with Crippen LogP contribution in [0.5, 0.6) is 0 Å². The molecule has 23 heteroatoms. The molecule has 356 valence electrons. The first kappa shape index (κ1) is 60.4. The minimum Gasteiger partial charge on any atom is -0.459 e. The number of aromatic nitrogens is 1. The summed E-state index contributed by atoms with van der Waals surface area (Å²) in [5.74, 6) is -1.77. The number of nitrogens with two attached hydrogens (primary N) is 1. The molecule has 3 rings (SSSR count). The Bertz CT molecular complexity index is 2070. The van der Waals surface area contributed by atoms with Crippen molar-refractivity contribution in [1.82, 2.24) is 9.62 Å². The van der Waals surface area contributed by atoms with E-state index in [0.717, 1.165) is 15.2 Å². The number of benzene rings is 2. The number of carbonyl (C=O) groups excluding carboxylic acids is 2. The Morgan fingerprint density at radius 1 is 0.778 bits per heavy atom. The third-order valence-corrected chi connectivity index (χ3v) is 10.2. The average molecular weight is 970 g/mol. The van der Waals surface area contributed by atoms with E-state index in [-0.39, 0.29) is 28.9 Å². The highest BCUT2D eigenvalue weighted by Gasteiger charge is 2.28. The number of nitro groups is 2. The summed E-state index contributed by atoms with van der Waals surface area (Å²) in [7, 11) is -3.95. The van der Waals surface area contributed by atoms with Crippen LogP contribution < -0.4 is 19.3 Å². The predicted octanol–water partition coefficient (Wildman–Crippen LogP) is 6.37. The van der Waals surface area contributed by atoms with Gasteiger partial charge in [-0.2, -0.15) is 4.72 Å². The summed E-state index contributed by atoms with van der Waals surface area (Å²) in [6.07, 6.45) is 1.79. The fourth-order valence-electron chi connectivity index (χ4n) is 4.51. The molecule has 0 aliphatic rings. The molecule has 0 spiro atoms. The van der Waals surface area contributed by atoms with Gasteiger partial charge in [-0.25, -0.2) is 13.2 Å². The molecule has 63 heavy (non-hydrogen) atoms. The number of ether oxygens (including phenoxy) is 2. The molecule has 1 heterocycles. The summed E-state index contributed by atoms with van der Waals surface area (Å²) in [4.78, 5) is 47.2. The number of esters is 1. The summed E-state index contributed by atoms with van der Waals surface area (Å²) >= 11 is 9.53. The molecule has 1 aromatic heterocycles. The smallest absolute Gasteiger partial charge is 0.459 e. The number of nitrogens with one attached hydrogen (secondary N) is 1. The Hall–Kier alpha value is -4.67. The number of anilines is 1. The van der Waals surface area contributed by atoms with Crippen LogP contribution >= 0.6 is 23.2 Å². The van der Waals surface area contributed by atoms with Crippen molar-refractivity contribution in [1.29, 1.82) is 0 Å². The number of nitrogens with zero attached hydrogens (tertiary/aromatic N) is 5. The lowest BCUT2D eigenvalue weighted by Crippen LogP contribution is -2.52. The Kier molecular flexibility index (Phi) is 28.4. The highest BCUT2D eigenvalue weighted by atomic mass is 35.5. The van der Waals surface area contributed by atoms with Crippen molar-refractivity contribution in [2.45, 2.75) is 86.5 Å². The number of aryl methyl sites for hydroxylation is 1. The van der Waals surface area contributed by atoms with E-state index in [9.17, 15) is 46.7 Å². The number of non-ortho nitro benzene ring substituents is 2. The molecule has 1 amide bonds. The minimum absolute atomic E-state index is 0.0907. The van der Waals surface area contributed by atoms with Gasteiger partial charge in [-0.1, -0.05) is 49.0 Å². The van der Waals surface area contributed by atoms with Gasteiger partial charge in [0.1, 0.15) is 17.0 Å². The summed E-state index contributed by atoms with van der Waals surface area (Å²) in [6.45, 7) is 20.4. The second-order valence-corrected chi connectivity index (χ2v) is 19.7. The van der Waals surface area contributed by atoms with E-state index >= 15 is 0 Å².